The first kappa shape index (κ1) is 23.8. The van der Waals surface area contributed by atoms with Gasteiger partial charge in [0.15, 0.2) is 0 Å². The van der Waals surface area contributed by atoms with E-state index in [1.807, 2.05) is 26.8 Å². The molecule has 9 heteroatoms. The molecule has 2 saturated heterocycles. The fraction of sp³-hybridized carbons (Fsp3) is 0.520. The summed E-state index contributed by atoms with van der Waals surface area (Å²) >= 11 is 0. The van der Waals surface area contributed by atoms with E-state index >= 15 is 0 Å². The van der Waals surface area contributed by atoms with Crippen LogP contribution in [0.1, 0.15) is 55.1 Å². The number of piperazine rings is 1. The number of carbonyl (C=O) groups excluding carboxylic acids is 4. The highest BCUT2D eigenvalue weighted by molar-refractivity contribution is 6.05. The summed E-state index contributed by atoms with van der Waals surface area (Å²) in [6.07, 6.45) is 0.272. The van der Waals surface area contributed by atoms with Gasteiger partial charge in [0, 0.05) is 50.3 Å². The van der Waals surface area contributed by atoms with Gasteiger partial charge >= 0.3 is 6.09 Å². The second-order valence-corrected chi connectivity index (χ2v) is 9.78. The summed E-state index contributed by atoms with van der Waals surface area (Å²) in [6.45, 7) is 9.03. The number of fused-ring (bicyclic) bond motifs is 1. The summed E-state index contributed by atoms with van der Waals surface area (Å²) in [6, 6.07) is 4.80. The second-order valence-electron chi connectivity index (χ2n) is 9.78. The van der Waals surface area contributed by atoms with Gasteiger partial charge in [0.2, 0.25) is 11.8 Å². The van der Waals surface area contributed by atoms with Crippen molar-refractivity contribution in [2.75, 3.05) is 32.7 Å². The predicted molar refractivity (Wildman–Crippen MR) is 124 cm³/mol. The van der Waals surface area contributed by atoms with Gasteiger partial charge in [0.1, 0.15) is 11.6 Å². The average molecular weight is 467 g/mol. The normalized spacial score (nSPS) is 21.0. The molecule has 4 amide bonds. The number of ether oxygens (including phenoxy) is 1. The molecule has 9 nitrogen and oxygen atoms in total. The fourth-order valence-corrected chi connectivity index (χ4v) is 4.36. The summed E-state index contributed by atoms with van der Waals surface area (Å²) in [5.74, 6) is 5.46. The molecule has 4 rings (SSSR count). The number of nitrogens with one attached hydrogen (secondary N) is 1. The molecule has 0 bridgehead atoms. The van der Waals surface area contributed by atoms with Crippen LogP contribution >= 0.6 is 0 Å². The minimum absolute atomic E-state index is 0.202. The topological polar surface area (TPSA) is 99.3 Å². The third-order valence-electron chi connectivity index (χ3n) is 6.13. The highest BCUT2D eigenvalue weighted by atomic mass is 16.6. The van der Waals surface area contributed by atoms with Crippen LogP contribution in [0.2, 0.25) is 0 Å². The third kappa shape index (κ3) is 5.23. The van der Waals surface area contributed by atoms with Crippen molar-refractivity contribution >= 4 is 23.8 Å². The Balaban J connectivity index is 1.36. The monoisotopic (exact) mass is 466 g/mol. The zero-order valence-electron chi connectivity index (χ0n) is 19.8. The molecule has 3 heterocycles. The van der Waals surface area contributed by atoms with Gasteiger partial charge in [-0.3, -0.25) is 24.6 Å². The number of hydrogen-bond acceptors (Lipinski definition) is 6. The van der Waals surface area contributed by atoms with E-state index in [9.17, 15) is 19.2 Å². The minimum Gasteiger partial charge on any atom is -0.444 e. The second kappa shape index (κ2) is 9.47. The lowest BCUT2D eigenvalue weighted by Gasteiger charge is -2.34. The van der Waals surface area contributed by atoms with Gasteiger partial charge < -0.3 is 14.5 Å². The van der Waals surface area contributed by atoms with Crippen molar-refractivity contribution in [3.05, 3.63) is 34.9 Å². The summed E-state index contributed by atoms with van der Waals surface area (Å²) < 4.78 is 5.43. The van der Waals surface area contributed by atoms with Gasteiger partial charge in [-0.05, 0) is 44.9 Å². The number of rotatable bonds is 2. The Morgan fingerprint density at radius 3 is 2.56 bits per heavy atom. The SMILES string of the molecule is CC(C)(C)OC(=O)N1CCN(CC#Cc2cccc3c2CN(C2CCC(=O)NC2=O)C3=O)CC1. The van der Waals surface area contributed by atoms with Crippen LogP contribution < -0.4 is 5.32 Å². The van der Waals surface area contributed by atoms with E-state index in [0.29, 0.717) is 51.3 Å². The van der Waals surface area contributed by atoms with E-state index in [-0.39, 0.29) is 24.3 Å². The Hall–Kier alpha value is -3.38. The number of amides is 4. The van der Waals surface area contributed by atoms with Crippen LogP contribution in [-0.4, -0.2) is 82.9 Å². The Labute approximate surface area is 199 Å². The molecule has 2 fully saturated rings. The van der Waals surface area contributed by atoms with E-state index in [2.05, 4.69) is 22.1 Å². The zero-order chi connectivity index (χ0) is 24.5. The Morgan fingerprint density at radius 2 is 1.88 bits per heavy atom. The lowest BCUT2D eigenvalue weighted by Crippen LogP contribution is -2.52. The summed E-state index contributed by atoms with van der Waals surface area (Å²) in [7, 11) is 0. The largest absolute Gasteiger partial charge is 0.444 e. The van der Waals surface area contributed by atoms with Crippen LogP contribution in [0.5, 0.6) is 0 Å². The maximum absolute atomic E-state index is 12.9. The van der Waals surface area contributed by atoms with Crippen LogP contribution in [-0.2, 0) is 20.9 Å². The molecule has 1 aromatic rings. The molecule has 0 aliphatic carbocycles. The number of piperidine rings is 1. The van der Waals surface area contributed by atoms with Crippen LogP contribution in [0, 0.1) is 11.8 Å². The van der Waals surface area contributed by atoms with Gasteiger partial charge in [-0.25, -0.2) is 4.79 Å². The van der Waals surface area contributed by atoms with Gasteiger partial charge in [-0.2, -0.15) is 0 Å². The first-order valence-electron chi connectivity index (χ1n) is 11.6. The van der Waals surface area contributed by atoms with Gasteiger partial charge in [0.05, 0.1) is 6.54 Å². The molecule has 1 aromatic carbocycles. The van der Waals surface area contributed by atoms with Crippen molar-refractivity contribution in [3.8, 4) is 11.8 Å². The molecule has 0 saturated carbocycles. The smallest absolute Gasteiger partial charge is 0.410 e. The highest BCUT2D eigenvalue weighted by Gasteiger charge is 2.39. The molecular weight excluding hydrogens is 436 g/mol. The van der Waals surface area contributed by atoms with Crippen LogP contribution in [0.15, 0.2) is 18.2 Å². The molecule has 1 N–H and O–H groups in total. The summed E-state index contributed by atoms with van der Waals surface area (Å²) in [5.41, 5.74) is 1.64. The van der Waals surface area contributed by atoms with Crippen molar-refractivity contribution in [3.63, 3.8) is 0 Å². The number of hydrogen-bond donors (Lipinski definition) is 1. The standard InChI is InChI=1S/C25H30N4O5/c1-25(2,3)34-24(33)28-14-12-27(13-15-28)11-5-7-17-6-4-8-18-19(17)16-29(23(18)32)20-9-10-21(30)26-22(20)31/h4,6,8,20H,9-16H2,1-3H3,(H,26,30,31). The zero-order valence-corrected chi connectivity index (χ0v) is 19.8. The van der Waals surface area contributed by atoms with Gasteiger partial charge in [-0.1, -0.05) is 17.9 Å². The van der Waals surface area contributed by atoms with Crippen LogP contribution in [0.3, 0.4) is 0 Å². The Bertz CT molecular complexity index is 1070. The highest BCUT2D eigenvalue weighted by Crippen LogP contribution is 2.29. The molecule has 34 heavy (non-hydrogen) atoms. The van der Waals surface area contributed by atoms with E-state index in [0.717, 1.165) is 11.1 Å². The maximum atomic E-state index is 12.9. The molecule has 0 spiro atoms. The molecule has 1 atom stereocenters. The lowest BCUT2D eigenvalue weighted by atomic mass is 10.0. The number of imide groups is 1. The van der Waals surface area contributed by atoms with Crippen molar-refractivity contribution < 1.29 is 23.9 Å². The molecular formula is C25H30N4O5. The van der Waals surface area contributed by atoms with Crippen molar-refractivity contribution in [2.45, 2.75) is 51.8 Å². The van der Waals surface area contributed by atoms with Crippen molar-refractivity contribution in [2.24, 2.45) is 0 Å². The predicted octanol–water partition coefficient (Wildman–Crippen LogP) is 1.35. The molecule has 3 aliphatic heterocycles. The first-order chi connectivity index (χ1) is 16.1. The van der Waals surface area contributed by atoms with Crippen LogP contribution in [0.4, 0.5) is 4.79 Å². The molecule has 0 radical (unpaired) electrons. The van der Waals surface area contributed by atoms with E-state index < -0.39 is 17.6 Å². The number of benzene rings is 1. The molecule has 3 aliphatic rings. The minimum atomic E-state index is -0.639. The maximum Gasteiger partial charge on any atom is 0.410 e. The molecule has 1 unspecified atom stereocenters. The fourth-order valence-electron chi connectivity index (χ4n) is 4.36. The number of carbonyl (C=O) groups is 4. The summed E-state index contributed by atoms with van der Waals surface area (Å²) in [5, 5.41) is 2.32. The third-order valence-corrected chi connectivity index (χ3v) is 6.13. The van der Waals surface area contributed by atoms with Crippen molar-refractivity contribution in [1.29, 1.82) is 0 Å². The number of nitrogens with zero attached hydrogens (tertiary/aromatic N) is 3. The molecule has 0 aromatic heterocycles. The molecule has 180 valence electrons. The Morgan fingerprint density at radius 1 is 1.15 bits per heavy atom. The van der Waals surface area contributed by atoms with E-state index in [1.165, 1.54) is 4.90 Å². The van der Waals surface area contributed by atoms with Crippen LogP contribution in [0.25, 0.3) is 0 Å². The van der Waals surface area contributed by atoms with Gasteiger partial charge in [0.25, 0.3) is 5.91 Å². The van der Waals surface area contributed by atoms with E-state index in [1.54, 1.807) is 17.0 Å². The van der Waals surface area contributed by atoms with Gasteiger partial charge in [-0.15, -0.1) is 0 Å². The quantitative estimate of drug-likeness (QED) is 0.522. The average Bonchev–Trinajstić information content (AvgIpc) is 3.10. The Kier molecular flexibility index (Phi) is 6.62. The van der Waals surface area contributed by atoms with Crippen molar-refractivity contribution in [1.82, 2.24) is 20.0 Å². The lowest BCUT2D eigenvalue weighted by molar-refractivity contribution is -0.136. The summed E-state index contributed by atoms with van der Waals surface area (Å²) in [4.78, 5) is 54.3. The first-order valence-corrected chi connectivity index (χ1v) is 11.6. The van der Waals surface area contributed by atoms with E-state index in [4.69, 9.17) is 4.74 Å².